The molecule has 2 N–H and O–H groups in total. The number of aromatic amines is 1. The molecule has 10 nitrogen and oxygen atoms in total. The van der Waals surface area contributed by atoms with Crippen molar-refractivity contribution in [2.75, 3.05) is 5.32 Å². The Kier molecular flexibility index (Phi) is 5.38. The fraction of sp³-hybridized carbons (Fsp3) is 0.360. The molecule has 1 saturated carbocycles. The normalized spacial score (nSPS) is 13.8. The fourth-order valence-electron chi connectivity index (χ4n) is 3.90. The van der Waals surface area contributed by atoms with Crippen molar-refractivity contribution in [3.63, 3.8) is 0 Å². The molecule has 5 rings (SSSR count). The van der Waals surface area contributed by atoms with Gasteiger partial charge in [0.25, 0.3) is 11.5 Å². The summed E-state index contributed by atoms with van der Waals surface area (Å²) in [5.74, 6) is 0.786. The molecule has 35 heavy (non-hydrogen) atoms. The van der Waals surface area contributed by atoms with Crippen molar-refractivity contribution in [3.8, 4) is 11.4 Å². The van der Waals surface area contributed by atoms with Crippen LogP contribution in [-0.4, -0.2) is 30.6 Å². The summed E-state index contributed by atoms with van der Waals surface area (Å²) in [5.41, 5.74) is 1.01. The van der Waals surface area contributed by atoms with Crippen molar-refractivity contribution >= 4 is 22.6 Å². The van der Waals surface area contributed by atoms with Crippen molar-refractivity contribution in [2.45, 2.75) is 58.4 Å². The van der Waals surface area contributed by atoms with Crippen LogP contribution in [0.25, 0.3) is 22.4 Å². The van der Waals surface area contributed by atoms with E-state index in [1.165, 1.54) is 4.57 Å². The van der Waals surface area contributed by atoms with Gasteiger partial charge in [-0.3, -0.25) is 19.1 Å². The molecule has 3 aromatic heterocycles. The number of pyridine rings is 1. The number of rotatable bonds is 5. The lowest BCUT2D eigenvalue weighted by molar-refractivity contribution is 0.102. The number of fused-ring (bicyclic) bond motifs is 1. The number of hydrogen-bond donors (Lipinski definition) is 2. The molecule has 0 saturated heterocycles. The Morgan fingerprint density at radius 3 is 2.49 bits per heavy atom. The highest BCUT2D eigenvalue weighted by Crippen LogP contribution is 2.40. The molecule has 0 radical (unpaired) electrons. The number of H-pyrrole nitrogens is 1. The van der Waals surface area contributed by atoms with Crippen LogP contribution in [0.15, 0.2) is 44.4 Å². The summed E-state index contributed by atoms with van der Waals surface area (Å²) in [5, 5.41) is 7.00. The van der Waals surface area contributed by atoms with Crippen molar-refractivity contribution in [3.05, 3.63) is 68.3 Å². The van der Waals surface area contributed by atoms with E-state index in [4.69, 9.17) is 4.52 Å². The summed E-state index contributed by atoms with van der Waals surface area (Å²) in [6.07, 6.45) is 1.93. The van der Waals surface area contributed by atoms with Crippen LogP contribution < -0.4 is 16.6 Å². The fourth-order valence-corrected chi connectivity index (χ4v) is 3.90. The maximum Gasteiger partial charge on any atom is 0.329 e. The topological polar surface area (TPSA) is 136 Å². The predicted octanol–water partition coefficient (Wildman–Crippen LogP) is 3.58. The molecule has 1 aliphatic rings. The zero-order valence-corrected chi connectivity index (χ0v) is 20.0. The van der Waals surface area contributed by atoms with Gasteiger partial charge in [0.05, 0.1) is 10.9 Å². The van der Waals surface area contributed by atoms with Crippen molar-refractivity contribution in [1.29, 1.82) is 0 Å². The quantitative estimate of drug-likeness (QED) is 0.451. The molecule has 1 aromatic carbocycles. The number of carbonyl (C=O) groups excluding carboxylic acids is 1. The average Bonchev–Trinajstić information content (AvgIpc) is 3.54. The second-order valence-corrected chi connectivity index (χ2v) is 9.78. The van der Waals surface area contributed by atoms with Gasteiger partial charge in [-0.05, 0) is 50.1 Å². The lowest BCUT2D eigenvalue weighted by atomic mass is 9.97. The van der Waals surface area contributed by atoms with Crippen LogP contribution >= 0.6 is 0 Å². The van der Waals surface area contributed by atoms with Crippen LogP contribution in [-0.2, 0) is 12.0 Å². The number of nitrogens with zero attached hydrogens (tertiary/aromatic N) is 4. The van der Waals surface area contributed by atoms with E-state index in [1.54, 1.807) is 37.3 Å². The summed E-state index contributed by atoms with van der Waals surface area (Å²) in [4.78, 5) is 49.7. The molecule has 0 bridgehead atoms. The summed E-state index contributed by atoms with van der Waals surface area (Å²) < 4.78 is 6.74. The third-order valence-corrected chi connectivity index (χ3v) is 5.99. The zero-order chi connectivity index (χ0) is 24.9. The Bertz CT molecular complexity index is 1550. The molecule has 0 aliphatic heterocycles. The third-order valence-electron chi connectivity index (χ3n) is 5.99. The molecule has 1 fully saturated rings. The van der Waals surface area contributed by atoms with E-state index in [0.29, 0.717) is 23.9 Å². The van der Waals surface area contributed by atoms with Crippen LogP contribution in [0.1, 0.15) is 68.4 Å². The first-order valence-electron chi connectivity index (χ1n) is 11.6. The highest BCUT2D eigenvalue weighted by atomic mass is 16.5. The number of carbonyl (C=O) groups is 1. The predicted molar refractivity (Wildman–Crippen MR) is 131 cm³/mol. The lowest BCUT2D eigenvalue weighted by Crippen LogP contribution is -2.32. The molecule has 1 amide bonds. The SMILES string of the molecule is CCn1c(=O)[nH]c(=O)c2c(C(=O)Nc3ccc(-c4noc(C(C)(C)C)n4)cc3)cc(C3CC3)nc21. The number of benzene rings is 1. The summed E-state index contributed by atoms with van der Waals surface area (Å²) in [6.45, 7) is 8.09. The van der Waals surface area contributed by atoms with Gasteiger partial charge in [0.15, 0.2) is 5.65 Å². The van der Waals surface area contributed by atoms with E-state index in [-0.39, 0.29) is 27.9 Å². The van der Waals surface area contributed by atoms with Gasteiger partial charge in [-0.15, -0.1) is 0 Å². The molecule has 4 aromatic rings. The van der Waals surface area contributed by atoms with Gasteiger partial charge in [-0.25, -0.2) is 9.78 Å². The minimum Gasteiger partial charge on any atom is -0.338 e. The highest BCUT2D eigenvalue weighted by molar-refractivity contribution is 6.11. The molecule has 10 heteroatoms. The minimum atomic E-state index is -0.628. The molecular weight excluding hydrogens is 448 g/mol. The van der Waals surface area contributed by atoms with Gasteiger partial charge in [0.1, 0.15) is 0 Å². The first-order valence-corrected chi connectivity index (χ1v) is 11.6. The Morgan fingerprint density at radius 2 is 1.89 bits per heavy atom. The van der Waals surface area contributed by atoms with Gasteiger partial charge in [-0.2, -0.15) is 4.98 Å². The zero-order valence-electron chi connectivity index (χ0n) is 20.0. The Hall–Kier alpha value is -4.08. The first kappa shape index (κ1) is 22.7. The van der Waals surface area contributed by atoms with Gasteiger partial charge >= 0.3 is 5.69 Å². The van der Waals surface area contributed by atoms with Crippen LogP contribution in [0.5, 0.6) is 0 Å². The summed E-state index contributed by atoms with van der Waals surface area (Å²) >= 11 is 0. The van der Waals surface area contributed by atoms with E-state index < -0.39 is 17.2 Å². The number of nitrogens with one attached hydrogen (secondary N) is 2. The standard InChI is InChI=1S/C25H26N6O4/c1-5-31-20-18(22(33)29-24(31)34)16(12-17(27-20)13-6-7-13)21(32)26-15-10-8-14(9-11-15)19-28-23(35-30-19)25(2,3)4/h8-13H,5-7H2,1-4H3,(H,26,32)(H,29,33,34). The first-order chi connectivity index (χ1) is 16.7. The Morgan fingerprint density at radius 1 is 1.17 bits per heavy atom. The number of aromatic nitrogens is 5. The van der Waals surface area contributed by atoms with Gasteiger partial charge in [0.2, 0.25) is 11.7 Å². The summed E-state index contributed by atoms with van der Waals surface area (Å²) in [7, 11) is 0. The number of hydrogen-bond acceptors (Lipinski definition) is 7. The van der Waals surface area contributed by atoms with Crippen molar-refractivity contribution in [2.24, 2.45) is 0 Å². The molecule has 0 spiro atoms. The second-order valence-electron chi connectivity index (χ2n) is 9.78. The van der Waals surface area contributed by atoms with Gasteiger partial charge in [0, 0.05) is 34.8 Å². The second kappa shape index (κ2) is 8.30. The highest BCUT2D eigenvalue weighted by Gasteiger charge is 2.29. The molecular formula is C25H26N6O4. The number of aryl methyl sites for hydroxylation is 1. The molecule has 3 heterocycles. The van der Waals surface area contributed by atoms with E-state index in [9.17, 15) is 14.4 Å². The van der Waals surface area contributed by atoms with E-state index in [2.05, 4.69) is 25.4 Å². The van der Waals surface area contributed by atoms with Gasteiger partial charge < -0.3 is 9.84 Å². The largest absolute Gasteiger partial charge is 0.338 e. The molecule has 0 unspecified atom stereocenters. The average molecular weight is 475 g/mol. The third kappa shape index (κ3) is 4.27. The Labute approximate surface area is 200 Å². The smallest absolute Gasteiger partial charge is 0.329 e. The lowest BCUT2D eigenvalue weighted by Gasteiger charge is -2.12. The monoisotopic (exact) mass is 474 g/mol. The minimum absolute atomic E-state index is 0.103. The van der Waals surface area contributed by atoms with E-state index in [0.717, 1.165) is 24.1 Å². The maximum atomic E-state index is 13.3. The maximum absolute atomic E-state index is 13.3. The van der Waals surface area contributed by atoms with Crippen LogP contribution in [0, 0.1) is 0 Å². The summed E-state index contributed by atoms with van der Waals surface area (Å²) in [6, 6.07) is 8.70. The molecule has 1 aliphatic carbocycles. The van der Waals surface area contributed by atoms with Gasteiger partial charge in [-0.1, -0.05) is 25.9 Å². The van der Waals surface area contributed by atoms with Crippen molar-refractivity contribution in [1.82, 2.24) is 24.7 Å². The van der Waals surface area contributed by atoms with Crippen molar-refractivity contribution < 1.29 is 9.32 Å². The number of amides is 1. The van der Waals surface area contributed by atoms with E-state index >= 15 is 0 Å². The Balaban J connectivity index is 1.48. The molecule has 180 valence electrons. The van der Waals surface area contributed by atoms with Crippen LogP contribution in [0.3, 0.4) is 0 Å². The van der Waals surface area contributed by atoms with E-state index in [1.807, 2.05) is 20.8 Å². The van der Waals surface area contributed by atoms with Crippen LogP contribution in [0.4, 0.5) is 5.69 Å². The molecule has 0 atom stereocenters. The van der Waals surface area contributed by atoms with Crippen LogP contribution in [0.2, 0.25) is 0 Å². The number of anilines is 1.